The predicted molar refractivity (Wildman–Crippen MR) is 74.6 cm³/mol. The molecule has 1 unspecified atom stereocenters. The Morgan fingerprint density at radius 2 is 2.30 bits per heavy atom. The highest BCUT2D eigenvalue weighted by molar-refractivity contribution is 5.79. The second kappa shape index (κ2) is 7.87. The number of benzene rings is 1. The fourth-order valence-corrected chi connectivity index (χ4v) is 2.12. The number of nitrogens with one attached hydrogen (secondary N) is 1. The van der Waals surface area contributed by atoms with Crippen LogP contribution < -0.4 is 5.32 Å². The maximum Gasteiger partial charge on any atom is 0.224 e. The third-order valence-electron chi connectivity index (χ3n) is 3.29. The van der Waals surface area contributed by atoms with E-state index in [-0.39, 0.29) is 18.1 Å². The fraction of sp³-hybridized carbons (Fsp3) is 0.533. The number of carbonyl (C=O) groups is 1. The molecule has 1 aromatic carbocycles. The van der Waals surface area contributed by atoms with Crippen LogP contribution >= 0.6 is 0 Å². The minimum Gasteiger partial charge on any atom is -0.508 e. The molecule has 1 amide bonds. The summed E-state index contributed by atoms with van der Waals surface area (Å²) >= 11 is 0. The number of carbonyl (C=O) groups excluding carboxylic acids is 1. The van der Waals surface area contributed by atoms with Crippen molar-refractivity contribution in [2.24, 2.45) is 5.92 Å². The average Bonchev–Trinajstić information content (AvgIpc) is 2.94. The van der Waals surface area contributed by atoms with Crippen LogP contribution in [0, 0.1) is 5.92 Å². The summed E-state index contributed by atoms with van der Waals surface area (Å²) in [7, 11) is 0. The molecule has 5 heteroatoms. The van der Waals surface area contributed by atoms with Gasteiger partial charge in [0.25, 0.3) is 0 Å². The Morgan fingerprint density at radius 3 is 3.05 bits per heavy atom. The van der Waals surface area contributed by atoms with Crippen molar-refractivity contribution in [3.8, 4) is 5.75 Å². The standard InChI is InChI=1S/C15H21NO4/c17-14-4-2-1-3-13(14)9-15(18)16-6-8-20-11-12-5-7-19-10-12/h1-4,12,17H,5-11H2,(H,16,18). The fourth-order valence-electron chi connectivity index (χ4n) is 2.12. The molecule has 1 fully saturated rings. The molecule has 0 saturated carbocycles. The van der Waals surface area contributed by atoms with Gasteiger partial charge in [-0.25, -0.2) is 0 Å². The van der Waals surface area contributed by atoms with Crippen molar-refractivity contribution in [1.82, 2.24) is 5.32 Å². The highest BCUT2D eigenvalue weighted by atomic mass is 16.5. The maximum atomic E-state index is 11.7. The minimum absolute atomic E-state index is 0.112. The zero-order valence-corrected chi connectivity index (χ0v) is 11.5. The molecule has 1 aliphatic heterocycles. The van der Waals surface area contributed by atoms with E-state index in [2.05, 4.69) is 5.32 Å². The lowest BCUT2D eigenvalue weighted by Gasteiger charge is -2.10. The Hall–Kier alpha value is -1.59. The van der Waals surface area contributed by atoms with Gasteiger partial charge in [-0.2, -0.15) is 0 Å². The lowest BCUT2D eigenvalue weighted by atomic mass is 10.1. The first-order chi connectivity index (χ1) is 9.75. The lowest BCUT2D eigenvalue weighted by Crippen LogP contribution is -2.29. The van der Waals surface area contributed by atoms with Crippen LogP contribution in [0.15, 0.2) is 24.3 Å². The van der Waals surface area contributed by atoms with Gasteiger partial charge in [-0.05, 0) is 12.5 Å². The van der Waals surface area contributed by atoms with E-state index in [9.17, 15) is 9.90 Å². The number of phenols is 1. The number of para-hydroxylation sites is 1. The first kappa shape index (κ1) is 14.8. The van der Waals surface area contributed by atoms with Crippen LogP contribution in [-0.2, 0) is 20.7 Å². The van der Waals surface area contributed by atoms with Gasteiger partial charge < -0.3 is 19.9 Å². The molecule has 1 saturated heterocycles. The van der Waals surface area contributed by atoms with E-state index in [0.29, 0.717) is 31.2 Å². The van der Waals surface area contributed by atoms with Crippen molar-refractivity contribution in [3.05, 3.63) is 29.8 Å². The third kappa shape index (κ3) is 4.83. The molecule has 0 aliphatic carbocycles. The van der Waals surface area contributed by atoms with Gasteiger partial charge in [-0.1, -0.05) is 18.2 Å². The summed E-state index contributed by atoms with van der Waals surface area (Å²) in [5.74, 6) is 0.534. The molecule has 0 aromatic heterocycles. The number of phenolic OH excluding ortho intramolecular Hbond substituents is 1. The zero-order valence-electron chi connectivity index (χ0n) is 11.5. The minimum atomic E-state index is -0.112. The van der Waals surface area contributed by atoms with E-state index < -0.39 is 0 Å². The molecule has 2 rings (SSSR count). The van der Waals surface area contributed by atoms with Gasteiger partial charge in [0.1, 0.15) is 5.75 Å². The molecule has 1 aromatic rings. The highest BCUT2D eigenvalue weighted by Crippen LogP contribution is 2.15. The third-order valence-corrected chi connectivity index (χ3v) is 3.29. The second-order valence-corrected chi connectivity index (χ2v) is 4.96. The summed E-state index contributed by atoms with van der Waals surface area (Å²) in [6, 6.07) is 6.85. The Bertz CT molecular complexity index is 430. The summed E-state index contributed by atoms with van der Waals surface area (Å²) in [5, 5.41) is 12.4. The number of hydrogen-bond acceptors (Lipinski definition) is 4. The number of amides is 1. The van der Waals surface area contributed by atoms with Gasteiger partial charge in [0.05, 0.1) is 26.2 Å². The first-order valence-electron chi connectivity index (χ1n) is 6.95. The molecule has 2 N–H and O–H groups in total. The van der Waals surface area contributed by atoms with Crippen molar-refractivity contribution >= 4 is 5.91 Å². The van der Waals surface area contributed by atoms with Gasteiger partial charge in [-0.3, -0.25) is 4.79 Å². The Labute approximate surface area is 118 Å². The highest BCUT2D eigenvalue weighted by Gasteiger charge is 2.15. The summed E-state index contributed by atoms with van der Waals surface area (Å²) in [4.78, 5) is 11.7. The SMILES string of the molecule is O=C(Cc1ccccc1O)NCCOCC1CCOC1. The molecule has 1 aliphatic rings. The van der Waals surface area contributed by atoms with Crippen LogP contribution in [0.25, 0.3) is 0 Å². The summed E-state index contributed by atoms with van der Waals surface area (Å²) in [5.41, 5.74) is 0.633. The number of aromatic hydroxyl groups is 1. The second-order valence-electron chi connectivity index (χ2n) is 4.96. The summed E-state index contributed by atoms with van der Waals surface area (Å²) in [6.45, 7) is 3.28. The van der Waals surface area contributed by atoms with Crippen LogP contribution in [0.5, 0.6) is 5.75 Å². The lowest BCUT2D eigenvalue weighted by molar-refractivity contribution is -0.120. The van der Waals surface area contributed by atoms with Gasteiger partial charge in [0.2, 0.25) is 5.91 Å². The van der Waals surface area contributed by atoms with Gasteiger partial charge in [0.15, 0.2) is 0 Å². The van der Waals surface area contributed by atoms with Crippen molar-refractivity contribution in [1.29, 1.82) is 0 Å². The molecule has 5 nitrogen and oxygen atoms in total. The van der Waals surface area contributed by atoms with Crippen LogP contribution in [0.4, 0.5) is 0 Å². The van der Waals surface area contributed by atoms with Crippen LogP contribution in [-0.4, -0.2) is 44.0 Å². The maximum absolute atomic E-state index is 11.7. The molecule has 1 heterocycles. The molecular weight excluding hydrogens is 258 g/mol. The number of hydrogen-bond donors (Lipinski definition) is 2. The Kier molecular flexibility index (Phi) is 5.83. The normalized spacial score (nSPS) is 18.1. The van der Waals surface area contributed by atoms with Crippen molar-refractivity contribution in [3.63, 3.8) is 0 Å². The number of ether oxygens (including phenoxy) is 2. The Morgan fingerprint density at radius 1 is 1.45 bits per heavy atom. The summed E-state index contributed by atoms with van der Waals surface area (Å²) < 4.78 is 10.8. The molecule has 0 bridgehead atoms. The van der Waals surface area contributed by atoms with Crippen molar-refractivity contribution in [2.75, 3.05) is 33.0 Å². The Balaban J connectivity index is 1.57. The molecule has 0 spiro atoms. The van der Waals surface area contributed by atoms with Gasteiger partial charge in [-0.15, -0.1) is 0 Å². The van der Waals surface area contributed by atoms with Crippen molar-refractivity contribution < 1.29 is 19.4 Å². The smallest absolute Gasteiger partial charge is 0.224 e. The van der Waals surface area contributed by atoms with Gasteiger partial charge in [0, 0.05) is 24.6 Å². The monoisotopic (exact) mass is 279 g/mol. The van der Waals surface area contributed by atoms with E-state index >= 15 is 0 Å². The largest absolute Gasteiger partial charge is 0.508 e. The molecule has 110 valence electrons. The zero-order chi connectivity index (χ0) is 14.2. The molecular formula is C15H21NO4. The van der Waals surface area contributed by atoms with E-state index in [4.69, 9.17) is 9.47 Å². The quantitative estimate of drug-likeness (QED) is 0.734. The molecule has 0 radical (unpaired) electrons. The van der Waals surface area contributed by atoms with Gasteiger partial charge >= 0.3 is 0 Å². The molecule has 20 heavy (non-hydrogen) atoms. The van der Waals surface area contributed by atoms with E-state index in [1.807, 2.05) is 0 Å². The van der Waals surface area contributed by atoms with Crippen LogP contribution in [0.3, 0.4) is 0 Å². The van der Waals surface area contributed by atoms with Crippen LogP contribution in [0.2, 0.25) is 0 Å². The van der Waals surface area contributed by atoms with Crippen LogP contribution in [0.1, 0.15) is 12.0 Å². The van der Waals surface area contributed by atoms with Crippen molar-refractivity contribution in [2.45, 2.75) is 12.8 Å². The topological polar surface area (TPSA) is 67.8 Å². The average molecular weight is 279 g/mol. The van der Waals surface area contributed by atoms with E-state index in [0.717, 1.165) is 19.6 Å². The first-order valence-corrected chi connectivity index (χ1v) is 6.95. The number of rotatable bonds is 7. The van der Waals surface area contributed by atoms with E-state index in [1.165, 1.54) is 0 Å². The van der Waals surface area contributed by atoms with E-state index in [1.54, 1.807) is 24.3 Å². The predicted octanol–water partition coefficient (Wildman–Crippen LogP) is 1.10. The molecule has 1 atom stereocenters. The summed E-state index contributed by atoms with van der Waals surface area (Å²) in [6.07, 6.45) is 1.24.